The van der Waals surface area contributed by atoms with E-state index in [9.17, 15) is 4.79 Å². The topological polar surface area (TPSA) is 44.9 Å². The molecule has 1 aromatic heterocycles. The second-order valence-corrected chi connectivity index (χ2v) is 4.68. The third-order valence-corrected chi connectivity index (χ3v) is 2.85. The van der Waals surface area contributed by atoms with Gasteiger partial charge >= 0.3 is 0 Å². The number of benzene rings is 1. The molecule has 0 radical (unpaired) electrons. The minimum Gasteiger partial charge on any atom is -0.361 e. The van der Waals surface area contributed by atoms with Crippen molar-refractivity contribution in [1.82, 2.24) is 10.3 Å². The van der Waals surface area contributed by atoms with E-state index in [-0.39, 0.29) is 5.91 Å². The fourth-order valence-electron chi connectivity index (χ4n) is 1.85. The molecule has 0 bridgehead atoms. The lowest BCUT2D eigenvalue weighted by Gasteiger charge is -2.07. The molecule has 3 heteroatoms. The van der Waals surface area contributed by atoms with Gasteiger partial charge in [0.05, 0.1) is 0 Å². The van der Waals surface area contributed by atoms with Crippen LogP contribution in [0.4, 0.5) is 0 Å². The first kappa shape index (κ1) is 11.7. The summed E-state index contributed by atoms with van der Waals surface area (Å²) in [5, 5.41) is 3.94. The standard InChI is InChI=1S/C14H18N2O/c1-10(2)6-8-16-14(17)12-4-3-5-13-11(12)7-9-15-13/h3-5,7,9-10,15H,6,8H2,1-2H3,(H,16,17). The molecule has 1 amide bonds. The summed E-state index contributed by atoms with van der Waals surface area (Å²) in [6, 6.07) is 7.67. The lowest BCUT2D eigenvalue weighted by atomic mass is 10.1. The normalized spacial score (nSPS) is 11.0. The number of rotatable bonds is 4. The molecule has 0 aliphatic carbocycles. The van der Waals surface area contributed by atoms with Gasteiger partial charge in [0.15, 0.2) is 0 Å². The Morgan fingerprint density at radius 2 is 2.18 bits per heavy atom. The summed E-state index contributed by atoms with van der Waals surface area (Å²) in [6.45, 7) is 5.04. The number of nitrogens with one attached hydrogen (secondary N) is 2. The molecule has 0 atom stereocenters. The van der Waals surface area contributed by atoms with E-state index < -0.39 is 0 Å². The zero-order chi connectivity index (χ0) is 12.3. The Hall–Kier alpha value is -1.77. The summed E-state index contributed by atoms with van der Waals surface area (Å²) in [5.74, 6) is 0.620. The molecule has 2 rings (SSSR count). The van der Waals surface area contributed by atoms with Crippen molar-refractivity contribution in [3.63, 3.8) is 0 Å². The van der Waals surface area contributed by atoms with Crippen LogP contribution >= 0.6 is 0 Å². The van der Waals surface area contributed by atoms with Gasteiger partial charge in [0.25, 0.3) is 5.91 Å². The number of hydrogen-bond acceptors (Lipinski definition) is 1. The summed E-state index contributed by atoms with van der Waals surface area (Å²) in [5.41, 5.74) is 1.74. The Kier molecular flexibility index (Phi) is 3.47. The quantitative estimate of drug-likeness (QED) is 0.833. The van der Waals surface area contributed by atoms with Crippen molar-refractivity contribution in [3.8, 4) is 0 Å². The highest BCUT2D eigenvalue weighted by Crippen LogP contribution is 2.17. The largest absolute Gasteiger partial charge is 0.361 e. The van der Waals surface area contributed by atoms with E-state index in [1.165, 1.54) is 0 Å². The molecule has 90 valence electrons. The Morgan fingerprint density at radius 1 is 1.35 bits per heavy atom. The maximum atomic E-state index is 12.0. The van der Waals surface area contributed by atoms with Gasteiger partial charge in [-0.05, 0) is 30.5 Å². The van der Waals surface area contributed by atoms with Crippen LogP contribution < -0.4 is 5.32 Å². The number of aromatic nitrogens is 1. The number of carbonyl (C=O) groups excluding carboxylic acids is 1. The van der Waals surface area contributed by atoms with Crippen LogP contribution in [-0.2, 0) is 0 Å². The Balaban J connectivity index is 2.11. The average molecular weight is 230 g/mol. The summed E-state index contributed by atoms with van der Waals surface area (Å²) in [6.07, 6.45) is 2.87. The van der Waals surface area contributed by atoms with Gasteiger partial charge in [-0.25, -0.2) is 0 Å². The first-order valence-corrected chi connectivity index (χ1v) is 6.03. The van der Waals surface area contributed by atoms with Gasteiger partial charge in [0, 0.05) is 29.2 Å². The first-order chi connectivity index (χ1) is 8.18. The van der Waals surface area contributed by atoms with Crippen molar-refractivity contribution in [1.29, 1.82) is 0 Å². The van der Waals surface area contributed by atoms with Gasteiger partial charge in [-0.1, -0.05) is 19.9 Å². The SMILES string of the molecule is CC(C)CCNC(=O)c1cccc2[nH]ccc12. The zero-order valence-electron chi connectivity index (χ0n) is 10.3. The molecule has 0 aliphatic rings. The second-order valence-electron chi connectivity index (χ2n) is 4.68. The van der Waals surface area contributed by atoms with Crippen LogP contribution in [0.3, 0.4) is 0 Å². The highest BCUT2D eigenvalue weighted by atomic mass is 16.1. The fraction of sp³-hybridized carbons (Fsp3) is 0.357. The number of aromatic amines is 1. The Morgan fingerprint density at radius 3 is 2.94 bits per heavy atom. The van der Waals surface area contributed by atoms with E-state index in [2.05, 4.69) is 24.1 Å². The number of amides is 1. The Labute approximate surface area is 101 Å². The minimum absolute atomic E-state index is 0.0100. The number of H-pyrrole nitrogens is 1. The van der Waals surface area contributed by atoms with Gasteiger partial charge in [0.2, 0.25) is 0 Å². The summed E-state index contributed by atoms with van der Waals surface area (Å²) in [7, 11) is 0. The van der Waals surface area contributed by atoms with Gasteiger partial charge < -0.3 is 10.3 Å². The van der Waals surface area contributed by atoms with E-state index in [1.807, 2.05) is 30.5 Å². The van der Waals surface area contributed by atoms with Crippen molar-refractivity contribution < 1.29 is 4.79 Å². The third kappa shape index (κ3) is 2.67. The van der Waals surface area contributed by atoms with E-state index in [0.717, 1.165) is 29.4 Å². The van der Waals surface area contributed by atoms with Crippen molar-refractivity contribution in [2.24, 2.45) is 5.92 Å². The van der Waals surface area contributed by atoms with E-state index in [4.69, 9.17) is 0 Å². The minimum atomic E-state index is 0.0100. The molecular weight excluding hydrogens is 212 g/mol. The molecule has 1 heterocycles. The van der Waals surface area contributed by atoms with Crippen molar-refractivity contribution >= 4 is 16.8 Å². The monoisotopic (exact) mass is 230 g/mol. The van der Waals surface area contributed by atoms with E-state index >= 15 is 0 Å². The highest BCUT2D eigenvalue weighted by molar-refractivity contribution is 6.06. The number of hydrogen-bond donors (Lipinski definition) is 2. The fourth-order valence-corrected chi connectivity index (χ4v) is 1.85. The maximum absolute atomic E-state index is 12.0. The van der Waals surface area contributed by atoms with Crippen molar-refractivity contribution in [3.05, 3.63) is 36.0 Å². The van der Waals surface area contributed by atoms with Crippen LogP contribution in [0.2, 0.25) is 0 Å². The summed E-state index contributed by atoms with van der Waals surface area (Å²) >= 11 is 0. The van der Waals surface area contributed by atoms with Crippen LogP contribution in [0.25, 0.3) is 10.9 Å². The first-order valence-electron chi connectivity index (χ1n) is 6.03. The lowest BCUT2D eigenvalue weighted by Crippen LogP contribution is -2.25. The molecule has 0 spiro atoms. The molecule has 0 saturated heterocycles. The van der Waals surface area contributed by atoms with E-state index in [0.29, 0.717) is 5.92 Å². The smallest absolute Gasteiger partial charge is 0.251 e. The molecule has 2 aromatic rings. The molecular formula is C14H18N2O. The highest BCUT2D eigenvalue weighted by Gasteiger charge is 2.09. The van der Waals surface area contributed by atoms with Gasteiger partial charge in [0.1, 0.15) is 0 Å². The maximum Gasteiger partial charge on any atom is 0.251 e. The van der Waals surface area contributed by atoms with Crippen LogP contribution in [0.5, 0.6) is 0 Å². The third-order valence-electron chi connectivity index (χ3n) is 2.85. The van der Waals surface area contributed by atoms with Crippen LogP contribution in [-0.4, -0.2) is 17.4 Å². The predicted molar refractivity (Wildman–Crippen MR) is 70.1 cm³/mol. The molecule has 1 aromatic carbocycles. The molecule has 0 fully saturated rings. The second kappa shape index (κ2) is 5.04. The van der Waals surface area contributed by atoms with Gasteiger partial charge in [-0.3, -0.25) is 4.79 Å². The predicted octanol–water partition coefficient (Wildman–Crippen LogP) is 2.94. The van der Waals surface area contributed by atoms with E-state index in [1.54, 1.807) is 0 Å². The van der Waals surface area contributed by atoms with Crippen LogP contribution in [0.1, 0.15) is 30.6 Å². The molecule has 0 unspecified atom stereocenters. The summed E-state index contributed by atoms with van der Waals surface area (Å²) in [4.78, 5) is 15.1. The molecule has 0 aliphatic heterocycles. The molecule has 17 heavy (non-hydrogen) atoms. The Bertz CT molecular complexity index is 514. The van der Waals surface area contributed by atoms with Crippen molar-refractivity contribution in [2.75, 3.05) is 6.54 Å². The molecule has 3 nitrogen and oxygen atoms in total. The summed E-state index contributed by atoms with van der Waals surface area (Å²) < 4.78 is 0. The van der Waals surface area contributed by atoms with Crippen molar-refractivity contribution in [2.45, 2.75) is 20.3 Å². The lowest BCUT2D eigenvalue weighted by molar-refractivity contribution is 0.0953. The van der Waals surface area contributed by atoms with Gasteiger partial charge in [-0.2, -0.15) is 0 Å². The molecule has 2 N–H and O–H groups in total. The van der Waals surface area contributed by atoms with Crippen LogP contribution in [0, 0.1) is 5.92 Å². The average Bonchev–Trinajstić information content (AvgIpc) is 2.75. The zero-order valence-corrected chi connectivity index (χ0v) is 10.3. The molecule has 0 saturated carbocycles. The number of fused-ring (bicyclic) bond motifs is 1. The van der Waals surface area contributed by atoms with Gasteiger partial charge in [-0.15, -0.1) is 0 Å². The van der Waals surface area contributed by atoms with Crippen LogP contribution in [0.15, 0.2) is 30.5 Å². The number of carbonyl (C=O) groups is 1.